The Kier molecular flexibility index (Phi) is 4.62. The molecule has 0 spiro atoms. The van der Waals surface area contributed by atoms with Crippen molar-refractivity contribution < 1.29 is 13.2 Å². The quantitative estimate of drug-likeness (QED) is 0.496. The van der Waals surface area contributed by atoms with E-state index in [1.807, 2.05) is 30.3 Å². The molecule has 0 aromatic heterocycles. The monoisotopic (exact) mass is 399 g/mol. The average Bonchev–Trinajstić information content (AvgIpc) is 2.98. The number of rotatable bonds is 2. The fraction of sp³-hybridized carbons (Fsp3) is 0.250. The van der Waals surface area contributed by atoms with Gasteiger partial charge in [0.25, 0.3) is 0 Å². The molecule has 0 aliphatic carbocycles. The summed E-state index contributed by atoms with van der Waals surface area (Å²) >= 11 is 0. The summed E-state index contributed by atoms with van der Waals surface area (Å²) in [6, 6.07) is 18.3. The van der Waals surface area contributed by atoms with Crippen LogP contribution in [0.1, 0.15) is 32.3 Å². The molecule has 4 rings (SSSR count). The maximum atomic E-state index is 14.2. The first-order valence-electron chi connectivity index (χ1n) is 9.42. The van der Waals surface area contributed by atoms with Crippen LogP contribution in [0.4, 0.5) is 13.2 Å². The van der Waals surface area contributed by atoms with Crippen LogP contribution in [-0.2, 0) is 0 Å². The van der Waals surface area contributed by atoms with Gasteiger partial charge in [0.15, 0.2) is 0 Å². The number of hydrogen-bond donors (Lipinski definition) is 0. The molecule has 3 aromatic carbocycles. The van der Waals surface area contributed by atoms with E-state index in [0.717, 1.165) is 27.6 Å². The second kappa shape index (κ2) is 6.74. The minimum atomic E-state index is -2.15. The standard InChI is InChI=1S/C24H23F3P/c1-24(2,3)22-15-28(19-9-4-16(25)5-10-19,20-11-6-17(26)7-12-20)23-13-8-18(27)14-21(22)23/h4-14,22H,15H2,1-3H3/q+1. The van der Waals surface area contributed by atoms with Crippen LogP contribution < -0.4 is 15.9 Å². The Hall–Kier alpha value is -2.12. The van der Waals surface area contributed by atoms with Crippen molar-refractivity contribution in [3.8, 4) is 0 Å². The van der Waals surface area contributed by atoms with E-state index in [9.17, 15) is 13.2 Å². The zero-order valence-electron chi connectivity index (χ0n) is 16.2. The summed E-state index contributed by atoms with van der Waals surface area (Å²) in [7, 11) is -2.15. The zero-order chi connectivity index (χ0) is 20.1. The normalized spacial score (nSPS) is 18.1. The molecular formula is C24H23F3P+. The smallest absolute Gasteiger partial charge is 0.123 e. The molecule has 0 amide bonds. The zero-order valence-corrected chi connectivity index (χ0v) is 17.1. The molecule has 1 atom stereocenters. The molecule has 3 aromatic rings. The molecule has 0 N–H and O–H groups in total. The van der Waals surface area contributed by atoms with Crippen molar-refractivity contribution in [3.63, 3.8) is 0 Å². The highest BCUT2D eigenvalue weighted by atomic mass is 31.2. The third-order valence-corrected chi connectivity index (χ3v) is 10.3. The Balaban J connectivity index is 2.04. The number of halogens is 3. The van der Waals surface area contributed by atoms with Crippen molar-refractivity contribution in [2.24, 2.45) is 5.41 Å². The van der Waals surface area contributed by atoms with Gasteiger partial charge in [-0.25, -0.2) is 13.2 Å². The van der Waals surface area contributed by atoms with Gasteiger partial charge in [-0.2, -0.15) is 0 Å². The summed E-state index contributed by atoms with van der Waals surface area (Å²) in [4.78, 5) is 0. The van der Waals surface area contributed by atoms with Gasteiger partial charge >= 0.3 is 0 Å². The molecule has 1 unspecified atom stereocenters. The van der Waals surface area contributed by atoms with Crippen molar-refractivity contribution >= 4 is 23.2 Å². The van der Waals surface area contributed by atoms with E-state index >= 15 is 0 Å². The molecule has 1 aliphatic rings. The van der Waals surface area contributed by atoms with Crippen LogP contribution in [0.2, 0.25) is 0 Å². The summed E-state index contributed by atoms with van der Waals surface area (Å²) in [6.07, 6.45) is 0.826. The van der Waals surface area contributed by atoms with Crippen LogP contribution in [0.5, 0.6) is 0 Å². The van der Waals surface area contributed by atoms with Crippen molar-refractivity contribution in [3.05, 3.63) is 89.7 Å². The molecule has 1 aliphatic heterocycles. The second-order valence-corrected chi connectivity index (χ2v) is 12.1. The fourth-order valence-electron chi connectivity index (χ4n) is 4.39. The lowest BCUT2D eigenvalue weighted by atomic mass is 9.78. The Morgan fingerprint density at radius 2 is 1.18 bits per heavy atom. The lowest BCUT2D eigenvalue weighted by molar-refractivity contribution is 0.346. The minimum absolute atomic E-state index is 0.0651. The highest BCUT2D eigenvalue weighted by Gasteiger charge is 2.56. The van der Waals surface area contributed by atoms with E-state index in [1.54, 1.807) is 6.07 Å². The van der Waals surface area contributed by atoms with Crippen LogP contribution in [0.15, 0.2) is 66.7 Å². The van der Waals surface area contributed by atoms with E-state index in [-0.39, 0.29) is 28.8 Å². The molecule has 28 heavy (non-hydrogen) atoms. The summed E-state index contributed by atoms with van der Waals surface area (Å²) < 4.78 is 41.6. The topological polar surface area (TPSA) is 0 Å². The van der Waals surface area contributed by atoms with Crippen LogP contribution in [-0.4, -0.2) is 6.16 Å². The number of hydrogen-bond acceptors (Lipinski definition) is 0. The lowest BCUT2D eigenvalue weighted by Gasteiger charge is -2.28. The molecule has 0 saturated heterocycles. The van der Waals surface area contributed by atoms with Crippen LogP contribution >= 0.6 is 7.26 Å². The molecule has 0 saturated carbocycles. The highest BCUT2D eigenvalue weighted by molar-refractivity contribution is 7.96. The van der Waals surface area contributed by atoms with Gasteiger partial charge in [0.1, 0.15) is 40.6 Å². The molecule has 0 nitrogen and oxygen atoms in total. The first-order valence-corrected chi connectivity index (χ1v) is 11.4. The summed E-state index contributed by atoms with van der Waals surface area (Å²) in [5.74, 6) is -0.661. The molecule has 0 radical (unpaired) electrons. The Morgan fingerprint density at radius 3 is 1.64 bits per heavy atom. The van der Waals surface area contributed by atoms with Gasteiger partial charge in [-0.05, 0) is 72.1 Å². The van der Waals surface area contributed by atoms with Gasteiger partial charge in [0.05, 0.1) is 6.16 Å². The third-order valence-electron chi connectivity index (χ3n) is 5.81. The lowest BCUT2D eigenvalue weighted by Crippen LogP contribution is -2.31. The summed E-state index contributed by atoms with van der Waals surface area (Å²) in [5, 5.41) is 3.20. The number of benzene rings is 3. The molecule has 1 heterocycles. The van der Waals surface area contributed by atoms with E-state index in [0.29, 0.717) is 0 Å². The maximum Gasteiger partial charge on any atom is 0.123 e. The van der Waals surface area contributed by atoms with Crippen LogP contribution in [0, 0.1) is 22.9 Å². The summed E-state index contributed by atoms with van der Waals surface area (Å²) in [6.45, 7) is 6.50. The predicted molar refractivity (Wildman–Crippen MR) is 112 cm³/mol. The van der Waals surface area contributed by atoms with Gasteiger partial charge in [-0.1, -0.05) is 20.8 Å². The van der Waals surface area contributed by atoms with E-state index in [4.69, 9.17) is 0 Å². The first-order chi connectivity index (χ1) is 13.2. The van der Waals surface area contributed by atoms with Crippen molar-refractivity contribution in [2.45, 2.75) is 26.7 Å². The number of fused-ring (bicyclic) bond motifs is 1. The van der Waals surface area contributed by atoms with Crippen LogP contribution in [0.3, 0.4) is 0 Å². The maximum absolute atomic E-state index is 14.2. The second-order valence-electron chi connectivity index (χ2n) is 8.57. The highest BCUT2D eigenvalue weighted by Crippen LogP contribution is 2.65. The van der Waals surface area contributed by atoms with E-state index in [2.05, 4.69) is 20.8 Å². The van der Waals surface area contributed by atoms with Gasteiger partial charge in [-0.15, -0.1) is 0 Å². The largest absolute Gasteiger partial charge is 0.207 e. The molecular weight excluding hydrogens is 376 g/mol. The van der Waals surface area contributed by atoms with Gasteiger partial charge < -0.3 is 0 Å². The van der Waals surface area contributed by atoms with Crippen LogP contribution in [0.25, 0.3) is 0 Å². The molecule has 0 bridgehead atoms. The molecule has 144 valence electrons. The Bertz CT molecular complexity index is 956. The first kappa shape index (κ1) is 19.2. The Morgan fingerprint density at radius 1 is 0.714 bits per heavy atom. The molecule has 0 fully saturated rings. The van der Waals surface area contributed by atoms with Gasteiger partial charge in [0.2, 0.25) is 0 Å². The van der Waals surface area contributed by atoms with Crippen molar-refractivity contribution in [1.29, 1.82) is 0 Å². The van der Waals surface area contributed by atoms with Gasteiger partial charge in [0, 0.05) is 11.5 Å². The Labute approximate surface area is 164 Å². The minimum Gasteiger partial charge on any atom is -0.207 e. The van der Waals surface area contributed by atoms with Gasteiger partial charge in [-0.3, -0.25) is 0 Å². The third kappa shape index (κ3) is 3.06. The summed E-state index contributed by atoms with van der Waals surface area (Å²) in [5.41, 5.74) is 0.958. The van der Waals surface area contributed by atoms with E-state index < -0.39 is 7.26 Å². The van der Waals surface area contributed by atoms with Crippen molar-refractivity contribution in [1.82, 2.24) is 0 Å². The van der Waals surface area contributed by atoms with E-state index in [1.165, 1.54) is 30.3 Å². The van der Waals surface area contributed by atoms with Crippen molar-refractivity contribution in [2.75, 3.05) is 6.16 Å². The average molecular weight is 399 g/mol. The fourth-order valence-corrected chi connectivity index (χ4v) is 9.46. The molecule has 4 heteroatoms. The SMILES string of the molecule is CC(C)(C)C1C[P+](c2ccc(F)cc2)(c2ccc(F)cc2)c2ccc(F)cc21. The predicted octanol–water partition coefficient (Wildman–Crippen LogP) is 5.54.